The first-order valence-corrected chi connectivity index (χ1v) is 13.5. The molecule has 7 heteroatoms. The van der Waals surface area contributed by atoms with E-state index in [2.05, 4.69) is 0 Å². The van der Waals surface area contributed by atoms with Gasteiger partial charge < -0.3 is 9.64 Å². The van der Waals surface area contributed by atoms with E-state index in [9.17, 15) is 18.8 Å². The maximum absolute atomic E-state index is 14.9. The van der Waals surface area contributed by atoms with Crippen LogP contribution in [0.5, 0.6) is 0 Å². The number of nitrogens with zero attached hydrogens (tertiary/aromatic N) is 2. The maximum atomic E-state index is 14.9. The lowest BCUT2D eigenvalue weighted by atomic mass is 9.84. The molecule has 2 saturated heterocycles. The highest BCUT2D eigenvalue weighted by Crippen LogP contribution is 2.53. The average molecular weight is 545 g/mol. The fraction of sp³-hybridized carbons (Fsp3) is 0.147. The van der Waals surface area contributed by atoms with Crippen molar-refractivity contribution in [3.05, 3.63) is 143 Å². The number of rotatable bonds is 5. The number of carbonyl (C=O) groups excluding carboxylic acids is 3. The minimum atomic E-state index is -1.09. The molecule has 0 bridgehead atoms. The molecule has 6 nitrogen and oxygen atoms in total. The van der Waals surface area contributed by atoms with Crippen molar-refractivity contribution < 1.29 is 23.5 Å². The molecule has 3 aliphatic heterocycles. The van der Waals surface area contributed by atoms with Gasteiger partial charge in [-0.05, 0) is 40.5 Å². The Morgan fingerprint density at radius 3 is 2.00 bits per heavy atom. The average Bonchev–Trinajstić information content (AvgIpc) is 3.49. The molecule has 2 fully saturated rings. The summed E-state index contributed by atoms with van der Waals surface area (Å²) in [5.74, 6) is -4.38. The molecule has 0 radical (unpaired) electrons. The molecule has 0 saturated carbocycles. The predicted molar refractivity (Wildman–Crippen MR) is 151 cm³/mol. The van der Waals surface area contributed by atoms with Crippen LogP contribution in [0.4, 0.5) is 10.1 Å². The van der Waals surface area contributed by atoms with E-state index in [0.717, 1.165) is 27.2 Å². The number of ether oxygens (including phenoxy) is 1. The minimum Gasteiger partial charge on any atom is -0.451 e. The van der Waals surface area contributed by atoms with Crippen molar-refractivity contribution >= 4 is 29.5 Å². The Hall–Kier alpha value is -5.04. The van der Waals surface area contributed by atoms with E-state index in [-0.39, 0.29) is 5.69 Å². The number of amides is 2. The summed E-state index contributed by atoms with van der Waals surface area (Å²) in [7, 11) is 0. The fourth-order valence-corrected chi connectivity index (χ4v) is 6.47. The third kappa shape index (κ3) is 3.96. The summed E-state index contributed by atoms with van der Waals surface area (Å²) in [5, 5.41) is 0. The molecule has 0 unspecified atom stereocenters. The largest absolute Gasteiger partial charge is 0.451 e. The standard InChI is InChI=1S/C34H25FN2O4/c35-25-17-9-10-18-26(25)37-32(38)27-28(33(37)39)30(36-20-19-21-11-7-8-16-24(21)29(27)36)34(40)41-31(22-12-3-1-4-13-22)23-14-5-2-6-15-23/h1-20,27-31H/t27-,28-,29+,30+/m0/s1. The Labute approximate surface area is 236 Å². The lowest BCUT2D eigenvalue weighted by Crippen LogP contribution is -2.45. The highest BCUT2D eigenvalue weighted by atomic mass is 19.1. The topological polar surface area (TPSA) is 66.9 Å². The van der Waals surface area contributed by atoms with Crippen LogP contribution in [-0.2, 0) is 19.1 Å². The van der Waals surface area contributed by atoms with Crippen LogP contribution in [-0.4, -0.2) is 28.7 Å². The normalized spacial score (nSPS) is 22.5. The number of imide groups is 1. The Balaban J connectivity index is 1.32. The summed E-state index contributed by atoms with van der Waals surface area (Å²) in [5.41, 5.74) is 3.18. The Kier molecular flexibility index (Phi) is 6.00. The van der Waals surface area contributed by atoms with Gasteiger partial charge in [-0.15, -0.1) is 0 Å². The van der Waals surface area contributed by atoms with Gasteiger partial charge >= 0.3 is 5.97 Å². The molecule has 4 aromatic carbocycles. The molecule has 4 atom stereocenters. The lowest BCUT2D eigenvalue weighted by molar-refractivity contribution is -0.155. The lowest BCUT2D eigenvalue weighted by Gasteiger charge is -2.35. The third-order valence-corrected chi connectivity index (χ3v) is 8.24. The van der Waals surface area contributed by atoms with Crippen LogP contribution in [0.25, 0.3) is 6.08 Å². The van der Waals surface area contributed by atoms with E-state index >= 15 is 0 Å². The number of hydrogen-bond acceptors (Lipinski definition) is 5. The van der Waals surface area contributed by atoms with E-state index < -0.39 is 53.6 Å². The zero-order chi connectivity index (χ0) is 28.1. The fourth-order valence-electron chi connectivity index (χ4n) is 6.47. The monoisotopic (exact) mass is 544 g/mol. The van der Waals surface area contributed by atoms with Crippen LogP contribution >= 0.6 is 0 Å². The van der Waals surface area contributed by atoms with Crippen molar-refractivity contribution in [1.82, 2.24) is 4.90 Å². The van der Waals surface area contributed by atoms with Gasteiger partial charge in [0.05, 0.1) is 23.6 Å². The molecular weight excluding hydrogens is 519 g/mol. The maximum Gasteiger partial charge on any atom is 0.330 e. The Bertz CT molecular complexity index is 1650. The zero-order valence-corrected chi connectivity index (χ0v) is 21.8. The number of hydrogen-bond donors (Lipinski definition) is 0. The molecule has 3 aliphatic rings. The zero-order valence-electron chi connectivity index (χ0n) is 21.8. The van der Waals surface area contributed by atoms with Gasteiger partial charge in [0, 0.05) is 6.20 Å². The summed E-state index contributed by atoms with van der Waals surface area (Å²) in [6, 6.07) is 30.4. The van der Waals surface area contributed by atoms with Gasteiger partial charge in [-0.1, -0.05) is 97.1 Å². The van der Waals surface area contributed by atoms with Gasteiger partial charge in [0.25, 0.3) is 0 Å². The third-order valence-electron chi connectivity index (χ3n) is 8.24. The molecule has 2 amide bonds. The minimum absolute atomic E-state index is 0.110. The van der Waals surface area contributed by atoms with Crippen LogP contribution < -0.4 is 4.90 Å². The van der Waals surface area contributed by atoms with Crippen molar-refractivity contribution in [2.45, 2.75) is 18.2 Å². The van der Waals surface area contributed by atoms with Crippen LogP contribution in [0.1, 0.15) is 34.4 Å². The van der Waals surface area contributed by atoms with Crippen LogP contribution in [0.3, 0.4) is 0 Å². The van der Waals surface area contributed by atoms with Crippen LogP contribution in [0.2, 0.25) is 0 Å². The number of fused-ring (bicyclic) bond motifs is 5. The van der Waals surface area contributed by atoms with Crippen molar-refractivity contribution in [2.75, 3.05) is 4.90 Å². The van der Waals surface area contributed by atoms with Crippen LogP contribution in [0, 0.1) is 17.7 Å². The van der Waals surface area contributed by atoms with Gasteiger partial charge in [0.1, 0.15) is 11.9 Å². The van der Waals surface area contributed by atoms with E-state index in [1.807, 2.05) is 91.0 Å². The molecule has 202 valence electrons. The van der Waals surface area contributed by atoms with Gasteiger partial charge in [0.2, 0.25) is 11.8 Å². The first kappa shape index (κ1) is 25.0. The van der Waals surface area contributed by atoms with Crippen LogP contribution in [0.15, 0.2) is 115 Å². The van der Waals surface area contributed by atoms with E-state index in [4.69, 9.17) is 4.74 Å². The van der Waals surface area contributed by atoms with E-state index in [0.29, 0.717) is 0 Å². The molecule has 41 heavy (non-hydrogen) atoms. The second-order valence-corrected chi connectivity index (χ2v) is 10.4. The van der Waals surface area contributed by atoms with Crippen molar-refractivity contribution in [1.29, 1.82) is 0 Å². The molecule has 0 aliphatic carbocycles. The Morgan fingerprint density at radius 1 is 0.732 bits per heavy atom. The summed E-state index contributed by atoms with van der Waals surface area (Å²) in [6.07, 6.45) is 2.92. The van der Waals surface area contributed by atoms with E-state index in [1.54, 1.807) is 17.2 Å². The first-order chi connectivity index (χ1) is 20.0. The number of benzene rings is 4. The Morgan fingerprint density at radius 2 is 1.32 bits per heavy atom. The summed E-state index contributed by atoms with van der Waals surface area (Å²) in [6.45, 7) is 0. The number of esters is 1. The first-order valence-electron chi connectivity index (χ1n) is 13.5. The number of para-hydroxylation sites is 1. The van der Waals surface area contributed by atoms with Gasteiger partial charge in [0.15, 0.2) is 6.10 Å². The van der Waals surface area contributed by atoms with E-state index in [1.165, 1.54) is 18.2 Å². The van der Waals surface area contributed by atoms with Gasteiger partial charge in [-0.25, -0.2) is 14.1 Å². The summed E-state index contributed by atoms with van der Waals surface area (Å²) in [4.78, 5) is 44.9. The van der Waals surface area contributed by atoms with Crippen molar-refractivity contribution in [2.24, 2.45) is 11.8 Å². The quantitative estimate of drug-likeness (QED) is 0.239. The summed E-state index contributed by atoms with van der Waals surface area (Å²) < 4.78 is 21.1. The van der Waals surface area contributed by atoms with Crippen molar-refractivity contribution in [3.63, 3.8) is 0 Å². The second kappa shape index (κ2) is 9.86. The molecule has 3 heterocycles. The second-order valence-electron chi connectivity index (χ2n) is 10.4. The number of halogens is 1. The highest BCUT2D eigenvalue weighted by molar-refractivity contribution is 6.24. The molecule has 0 aromatic heterocycles. The van der Waals surface area contributed by atoms with Gasteiger partial charge in [-0.3, -0.25) is 9.59 Å². The van der Waals surface area contributed by atoms with Crippen molar-refractivity contribution in [3.8, 4) is 0 Å². The van der Waals surface area contributed by atoms with Gasteiger partial charge in [-0.2, -0.15) is 0 Å². The molecular formula is C34H25FN2O4. The predicted octanol–water partition coefficient (Wildman–Crippen LogP) is 5.67. The summed E-state index contributed by atoms with van der Waals surface area (Å²) >= 11 is 0. The smallest absolute Gasteiger partial charge is 0.330 e. The molecule has 7 rings (SSSR count). The molecule has 0 spiro atoms. The highest BCUT2D eigenvalue weighted by Gasteiger charge is 2.65. The number of carbonyl (C=O) groups is 3. The molecule has 0 N–H and O–H groups in total. The molecule has 4 aromatic rings. The SMILES string of the molecule is O=C(OC(c1ccccc1)c1ccccc1)[C@H]1[C@H]2C(=O)N(c3ccccc3F)C(=O)[C@@H]2[C@H]2c3ccccc3C=CN21. The number of anilines is 1.